The van der Waals surface area contributed by atoms with Gasteiger partial charge >= 0.3 is 0 Å². The quantitative estimate of drug-likeness (QED) is 0.843. The molecule has 1 aliphatic heterocycles. The molecular weight excluding hydrogens is 257 g/mol. The molecular formula is C15H14FN3O. The Balaban J connectivity index is 1.91. The maximum atomic E-state index is 13.9. The summed E-state index contributed by atoms with van der Waals surface area (Å²) in [7, 11) is 0. The second-order valence-electron chi connectivity index (χ2n) is 4.86. The molecule has 20 heavy (non-hydrogen) atoms. The van der Waals surface area contributed by atoms with Crippen LogP contribution < -0.4 is 0 Å². The van der Waals surface area contributed by atoms with E-state index >= 15 is 0 Å². The summed E-state index contributed by atoms with van der Waals surface area (Å²) in [6.07, 6.45) is 5.33. The average Bonchev–Trinajstić information content (AvgIpc) is 2.98. The molecule has 0 saturated carbocycles. The van der Waals surface area contributed by atoms with Gasteiger partial charge in [-0.3, -0.25) is 4.68 Å². The summed E-state index contributed by atoms with van der Waals surface area (Å²) in [6.45, 7) is 1.47. The number of nitrogens with zero attached hydrogens (tertiary/aromatic N) is 3. The Morgan fingerprint density at radius 3 is 2.90 bits per heavy atom. The number of nitriles is 1. The van der Waals surface area contributed by atoms with Gasteiger partial charge in [0, 0.05) is 30.5 Å². The van der Waals surface area contributed by atoms with E-state index in [1.807, 2.05) is 16.9 Å². The number of aromatic nitrogens is 2. The van der Waals surface area contributed by atoms with Gasteiger partial charge in [-0.25, -0.2) is 4.39 Å². The second-order valence-corrected chi connectivity index (χ2v) is 4.86. The molecule has 4 nitrogen and oxygen atoms in total. The number of hydrogen-bond donors (Lipinski definition) is 0. The summed E-state index contributed by atoms with van der Waals surface area (Å²) in [6, 6.07) is 6.68. The lowest BCUT2D eigenvalue weighted by Crippen LogP contribution is -2.19. The Labute approximate surface area is 116 Å². The first-order valence-electron chi connectivity index (χ1n) is 6.60. The third kappa shape index (κ3) is 2.43. The van der Waals surface area contributed by atoms with Crippen molar-refractivity contribution in [2.75, 3.05) is 13.2 Å². The molecule has 102 valence electrons. The summed E-state index contributed by atoms with van der Waals surface area (Å²) < 4.78 is 21.1. The van der Waals surface area contributed by atoms with Crippen molar-refractivity contribution < 1.29 is 9.13 Å². The Kier molecular flexibility index (Phi) is 3.48. The molecule has 0 unspecified atom stereocenters. The molecule has 1 aromatic carbocycles. The largest absolute Gasteiger partial charge is 0.381 e. The molecule has 1 fully saturated rings. The van der Waals surface area contributed by atoms with Crippen LogP contribution in [-0.2, 0) is 4.74 Å². The summed E-state index contributed by atoms with van der Waals surface area (Å²) in [5.41, 5.74) is 1.56. The van der Waals surface area contributed by atoms with Gasteiger partial charge in [0.15, 0.2) is 0 Å². The summed E-state index contributed by atoms with van der Waals surface area (Å²) in [5.74, 6) is -0.337. The van der Waals surface area contributed by atoms with Crippen molar-refractivity contribution in [3.05, 3.63) is 42.0 Å². The molecule has 1 saturated heterocycles. The first-order valence-corrected chi connectivity index (χ1v) is 6.60. The van der Waals surface area contributed by atoms with Gasteiger partial charge in [0.25, 0.3) is 0 Å². The van der Waals surface area contributed by atoms with Crippen molar-refractivity contribution in [3.63, 3.8) is 0 Å². The third-order valence-corrected chi connectivity index (χ3v) is 3.57. The van der Waals surface area contributed by atoms with Crippen molar-refractivity contribution in [1.29, 1.82) is 5.26 Å². The van der Waals surface area contributed by atoms with Crippen LogP contribution in [0.1, 0.15) is 24.4 Å². The SMILES string of the molecule is N#Cc1ccc(F)c(-c2cnn(C3CCOCC3)c2)c1. The highest BCUT2D eigenvalue weighted by molar-refractivity contribution is 5.64. The van der Waals surface area contributed by atoms with Crippen LogP contribution in [-0.4, -0.2) is 23.0 Å². The lowest BCUT2D eigenvalue weighted by atomic mass is 10.1. The van der Waals surface area contributed by atoms with E-state index in [-0.39, 0.29) is 5.82 Å². The van der Waals surface area contributed by atoms with Crippen LogP contribution in [0.3, 0.4) is 0 Å². The fourth-order valence-electron chi connectivity index (χ4n) is 2.44. The Morgan fingerprint density at radius 2 is 2.15 bits per heavy atom. The highest BCUT2D eigenvalue weighted by atomic mass is 19.1. The second kappa shape index (κ2) is 5.43. The van der Waals surface area contributed by atoms with Crippen molar-refractivity contribution in [3.8, 4) is 17.2 Å². The summed E-state index contributed by atoms with van der Waals surface area (Å²) >= 11 is 0. The molecule has 2 heterocycles. The minimum atomic E-state index is -0.337. The molecule has 5 heteroatoms. The van der Waals surface area contributed by atoms with Gasteiger partial charge in [0.1, 0.15) is 5.82 Å². The van der Waals surface area contributed by atoms with Crippen molar-refractivity contribution in [2.45, 2.75) is 18.9 Å². The first kappa shape index (κ1) is 12.8. The first-order chi connectivity index (χ1) is 9.78. The molecule has 2 aromatic rings. The van der Waals surface area contributed by atoms with Gasteiger partial charge < -0.3 is 4.74 Å². The van der Waals surface area contributed by atoms with Crippen LogP contribution in [0.4, 0.5) is 4.39 Å². The van der Waals surface area contributed by atoms with E-state index in [0.29, 0.717) is 22.7 Å². The molecule has 1 aromatic heterocycles. The molecule has 0 amide bonds. The van der Waals surface area contributed by atoms with Crippen LogP contribution >= 0.6 is 0 Å². The molecule has 0 spiro atoms. The molecule has 0 radical (unpaired) electrons. The number of ether oxygens (including phenoxy) is 1. The van der Waals surface area contributed by atoms with Crippen LogP contribution in [0.15, 0.2) is 30.6 Å². The van der Waals surface area contributed by atoms with Gasteiger partial charge in [0.2, 0.25) is 0 Å². The van der Waals surface area contributed by atoms with E-state index in [1.54, 1.807) is 12.3 Å². The number of rotatable bonds is 2. The van der Waals surface area contributed by atoms with Crippen molar-refractivity contribution >= 4 is 0 Å². The average molecular weight is 271 g/mol. The molecule has 3 rings (SSSR count). The molecule has 0 aliphatic carbocycles. The minimum absolute atomic E-state index is 0.305. The maximum Gasteiger partial charge on any atom is 0.131 e. The predicted molar refractivity (Wildman–Crippen MR) is 71.4 cm³/mol. The van der Waals surface area contributed by atoms with E-state index in [1.165, 1.54) is 12.1 Å². The standard InChI is InChI=1S/C15H14FN3O/c16-15-2-1-11(8-17)7-14(15)12-9-18-19(10-12)13-3-5-20-6-4-13/h1-2,7,9-10,13H,3-6H2. The van der Waals surface area contributed by atoms with Crippen LogP contribution in [0.2, 0.25) is 0 Å². The van der Waals surface area contributed by atoms with E-state index in [4.69, 9.17) is 10.00 Å². The monoisotopic (exact) mass is 271 g/mol. The topological polar surface area (TPSA) is 50.8 Å². The normalized spacial score (nSPS) is 16.0. The highest BCUT2D eigenvalue weighted by Gasteiger charge is 2.17. The van der Waals surface area contributed by atoms with Gasteiger partial charge in [-0.05, 0) is 31.0 Å². The number of hydrogen-bond acceptors (Lipinski definition) is 3. The zero-order valence-corrected chi connectivity index (χ0v) is 10.9. The fourth-order valence-corrected chi connectivity index (χ4v) is 2.44. The van der Waals surface area contributed by atoms with Crippen LogP contribution in [0, 0.1) is 17.1 Å². The Bertz CT molecular complexity index is 653. The van der Waals surface area contributed by atoms with Gasteiger partial charge in [0.05, 0.1) is 23.9 Å². The third-order valence-electron chi connectivity index (χ3n) is 3.57. The summed E-state index contributed by atoms with van der Waals surface area (Å²) in [5, 5.41) is 13.2. The van der Waals surface area contributed by atoms with Crippen LogP contribution in [0.25, 0.3) is 11.1 Å². The lowest BCUT2D eigenvalue weighted by Gasteiger charge is -2.22. The highest BCUT2D eigenvalue weighted by Crippen LogP contribution is 2.26. The molecule has 1 aliphatic rings. The minimum Gasteiger partial charge on any atom is -0.381 e. The van der Waals surface area contributed by atoms with E-state index in [0.717, 1.165) is 26.1 Å². The molecule has 0 bridgehead atoms. The lowest BCUT2D eigenvalue weighted by molar-refractivity contribution is 0.0662. The van der Waals surface area contributed by atoms with Crippen molar-refractivity contribution in [2.24, 2.45) is 0 Å². The van der Waals surface area contributed by atoms with E-state index in [9.17, 15) is 4.39 Å². The van der Waals surface area contributed by atoms with Gasteiger partial charge in [-0.15, -0.1) is 0 Å². The predicted octanol–water partition coefficient (Wildman–Crippen LogP) is 2.91. The van der Waals surface area contributed by atoms with Crippen LogP contribution in [0.5, 0.6) is 0 Å². The van der Waals surface area contributed by atoms with E-state index < -0.39 is 0 Å². The van der Waals surface area contributed by atoms with Crippen molar-refractivity contribution in [1.82, 2.24) is 9.78 Å². The van der Waals surface area contributed by atoms with E-state index in [2.05, 4.69) is 5.10 Å². The molecule has 0 N–H and O–H groups in total. The maximum absolute atomic E-state index is 13.9. The number of benzene rings is 1. The molecule has 0 atom stereocenters. The van der Waals surface area contributed by atoms with Gasteiger partial charge in [-0.2, -0.15) is 10.4 Å². The van der Waals surface area contributed by atoms with Gasteiger partial charge in [-0.1, -0.05) is 0 Å². The fraction of sp³-hybridized carbons (Fsp3) is 0.333. The zero-order chi connectivity index (χ0) is 13.9. The Hall–Kier alpha value is -2.19. The Morgan fingerprint density at radius 1 is 1.35 bits per heavy atom. The zero-order valence-electron chi connectivity index (χ0n) is 10.9. The summed E-state index contributed by atoms with van der Waals surface area (Å²) in [4.78, 5) is 0. The number of halogens is 1. The smallest absolute Gasteiger partial charge is 0.131 e.